The zero-order valence-corrected chi connectivity index (χ0v) is 21.7. The lowest BCUT2D eigenvalue weighted by molar-refractivity contribution is 0.0952. The van der Waals surface area contributed by atoms with E-state index in [1.54, 1.807) is 6.92 Å². The number of aryl methyl sites for hydroxylation is 6. The molecule has 0 bridgehead atoms. The Labute approximate surface area is 205 Å². The molecule has 0 heterocycles. The maximum Gasteiger partial charge on any atom is 0.265 e. The molecular formula is C22H33Cl3N4O3. The van der Waals surface area contributed by atoms with Crippen LogP contribution >= 0.6 is 34.8 Å². The number of hydrogen-bond donors (Lipinski definition) is 5. The van der Waals surface area contributed by atoms with Gasteiger partial charge >= 0.3 is 0 Å². The maximum atomic E-state index is 11.3. The van der Waals surface area contributed by atoms with Gasteiger partial charge in [0.1, 0.15) is 4.84 Å². The number of carbonyl (C=O) groups is 2. The summed E-state index contributed by atoms with van der Waals surface area (Å²) >= 11 is 15.5. The number of hydrazine groups is 2. The molecule has 32 heavy (non-hydrogen) atoms. The lowest BCUT2D eigenvalue weighted by atomic mass is 9.99. The van der Waals surface area contributed by atoms with Gasteiger partial charge in [-0.1, -0.05) is 35.4 Å². The average molecular weight is 508 g/mol. The van der Waals surface area contributed by atoms with Crippen LogP contribution in [0.2, 0.25) is 0 Å². The number of halogens is 3. The molecule has 0 aromatic heterocycles. The van der Waals surface area contributed by atoms with E-state index >= 15 is 0 Å². The van der Waals surface area contributed by atoms with Gasteiger partial charge in [-0.15, -0.1) is 28.8 Å². The molecule has 10 heteroatoms. The van der Waals surface area contributed by atoms with Gasteiger partial charge in [0.15, 0.2) is 0 Å². The van der Waals surface area contributed by atoms with Gasteiger partial charge in [-0.2, -0.15) is 0 Å². The summed E-state index contributed by atoms with van der Waals surface area (Å²) in [4.78, 5) is 22.1. The van der Waals surface area contributed by atoms with Crippen LogP contribution in [-0.2, 0) is 0 Å². The summed E-state index contributed by atoms with van der Waals surface area (Å²) in [5.74, 6) is 9.01. The van der Waals surface area contributed by atoms with Crippen molar-refractivity contribution in [2.24, 2.45) is 11.7 Å². The van der Waals surface area contributed by atoms with E-state index in [0.717, 1.165) is 33.4 Å². The molecule has 0 aliphatic carbocycles. The van der Waals surface area contributed by atoms with Crippen LogP contribution in [0.1, 0.15) is 61.0 Å². The largest absolute Gasteiger partial charge is 0.302 e. The number of carbonyl (C=O) groups excluding carboxylic acids is 2. The minimum atomic E-state index is -0.370. The number of rotatable bonds is 2. The molecular weight excluding hydrogens is 475 g/mol. The minimum Gasteiger partial charge on any atom is -0.302 e. The molecule has 180 valence electrons. The summed E-state index contributed by atoms with van der Waals surface area (Å²) < 4.78 is 0. The molecule has 0 radical (unpaired) electrons. The van der Waals surface area contributed by atoms with Gasteiger partial charge < -0.3 is 5.21 Å². The number of nitrogen functional groups attached to an aromatic ring is 1. The Kier molecular flexibility index (Phi) is 17.1. The zero-order chi connectivity index (χ0) is 25.6. The first-order chi connectivity index (χ1) is 14.7. The van der Waals surface area contributed by atoms with Gasteiger partial charge in [-0.3, -0.25) is 15.0 Å². The number of amides is 1. The second kappa shape index (κ2) is 16.9. The van der Waals surface area contributed by atoms with E-state index in [1.165, 1.54) is 5.59 Å². The molecule has 2 rings (SSSR count). The van der Waals surface area contributed by atoms with Crippen molar-refractivity contribution >= 4 is 46.0 Å². The number of benzene rings is 2. The second-order valence-electron chi connectivity index (χ2n) is 6.94. The smallest absolute Gasteiger partial charge is 0.265 e. The van der Waals surface area contributed by atoms with Crippen LogP contribution in [0.15, 0.2) is 24.3 Å². The Balaban J connectivity index is 0. The molecule has 0 unspecified atom stereocenters. The number of nitrogens with one attached hydrogen (secondary N) is 2. The van der Waals surface area contributed by atoms with Gasteiger partial charge in [0.2, 0.25) is 0 Å². The molecule has 2 aromatic carbocycles. The lowest BCUT2D eigenvalue weighted by Crippen LogP contribution is -2.31. The molecule has 0 spiro atoms. The van der Waals surface area contributed by atoms with Crippen molar-refractivity contribution in [3.8, 4) is 0 Å². The van der Waals surface area contributed by atoms with E-state index in [4.69, 9.17) is 45.9 Å². The van der Waals surface area contributed by atoms with Crippen LogP contribution < -0.4 is 22.7 Å². The predicted octanol–water partition coefficient (Wildman–Crippen LogP) is 4.86. The first-order valence-corrected chi connectivity index (χ1v) is 10.7. The standard InChI is InChI=1S/C10H11ClO.C10H14N2O.C2H4Cl2.H4N2O/c1-6-4-7(2)9(10(11)12)8(3)5-6;1-6-4-7(2)9(8(3)5-6)10(13)12-11;1-2(3)4;1-2-3/h4-5H,1-3H3;4-5H,11H2,1-3H3,(H,12,13);2H,1H3;2-3H,1H2. The predicted molar refractivity (Wildman–Crippen MR) is 133 cm³/mol. The Morgan fingerprint density at radius 2 is 1.06 bits per heavy atom. The third kappa shape index (κ3) is 13.0. The fraction of sp³-hybridized carbons (Fsp3) is 0.364. The Hall–Kier alpha value is -1.71. The number of hydrogen-bond acceptors (Lipinski definition) is 6. The van der Waals surface area contributed by atoms with E-state index in [2.05, 4.69) is 11.3 Å². The van der Waals surface area contributed by atoms with Gasteiger partial charge in [0, 0.05) is 11.1 Å². The third-order valence-electron chi connectivity index (χ3n) is 3.91. The summed E-state index contributed by atoms with van der Waals surface area (Å²) in [6.45, 7) is 13.3. The van der Waals surface area contributed by atoms with E-state index < -0.39 is 0 Å². The minimum absolute atomic E-state index is 0.222. The molecule has 0 saturated heterocycles. The normalized spacial score (nSPS) is 9.44. The summed E-state index contributed by atoms with van der Waals surface area (Å²) in [6, 6.07) is 7.86. The highest BCUT2D eigenvalue weighted by atomic mass is 35.5. The molecule has 0 fully saturated rings. The molecule has 2 aromatic rings. The Morgan fingerprint density at radius 3 is 1.28 bits per heavy atom. The lowest BCUT2D eigenvalue weighted by Gasteiger charge is -2.08. The Bertz CT molecular complexity index is 842. The van der Waals surface area contributed by atoms with Crippen LogP contribution in [-0.4, -0.2) is 21.2 Å². The SMILES string of the molecule is CC(Cl)Cl.Cc1cc(C)c(C(=O)Cl)c(C)c1.Cc1cc(C)c(C(=O)NN)c(C)c1.NNO. The van der Waals surface area contributed by atoms with Crippen molar-refractivity contribution in [2.75, 3.05) is 0 Å². The van der Waals surface area contributed by atoms with Crippen molar-refractivity contribution in [2.45, 2.75) is 53.3 Å². The topological polar surface area (TPSA) is 130 Å². The van der Waals surface area contributed by atoms with Gasteiger partial charge in [0.05, 0.1) is 0 Å². The van der Waals surface area contributed by atoms with Crippen LogP contribution in [0.3, 0.4) is 0 Å². The summed E-state index contributed by atoms with van der Waals surface area (Å²) in [7, 11) is 0. The second-order valence-corrected chi connectivity index (χ2v) is 8.82. The monoisotopic (exact) mass is 506 g/mol. The number of nitrogens with two attached hydrogens (primary N) is 2. The van der Waals surface area contributed by atoms with E-state index in [-0.39, 0.29) is 16.0 Å². The molecule has 0 aliphatic heterocycles. The van der Waals surface area contributed by atoms with Gasteiger partial charge in [-0.25, -0.2) is 11.7 Å². The first kappa shape index (κ1) is 32.5. The highest BCUT2D eigenvalue weighted by Crippen LogP contribution is 2.18. The molecule has 0 atom stereocenters. The number of alkyl halides is 2. The fourth-order valence-corrected chi connectivity index (χ4v) is 3.40. The van der Waals surface area contributed by atoms with Crippen LogP contribution in [0.4, 0.5) is 0 Å². The van der Waals surface area contributed by atoms with Crippen LogP contribution in [0.25, 0.3) is 0 Å². The quantitative estimate of drug-likeness (QED) is 0.130. The first-order valence-electron chi connectivity index (χ1n) is 9.47. The highest BCUT2D eigenvalue weighted by Gasteiger charge is 2.11. The molecule has 7 nitrogen and oxygen atoms in total. The van der Waals surface area contributed by atoms with E-state index in [1.807, 2.05) is 65.8 Å². The molecule has 1 amide bonds. The molecule has 0 saturated carbocycles. The van der Waals surface area contributed by atoms with Gasteiger partial charge in [0.25, 0.3) is 11.1 Å². The van der Waals surface area contributed by atoms with Crippen molar-refractivity contribution in [3.63, 3.8) is 0 Å². The van der Waals surface area contributed by atoms with Gasteiger partial charge in [-0.05, 0) is 82.3 Å². The van der Waals surface area contributed by atoms with Crippen molar-refractivity contribution < 1.29 is 14.8 Å². The summed E-state index contributed by atoms with van der Waals surface area (Å²) in [6.07, 6.45) is 0. The van der Waals surface area contributed by atoms with Crippen LogP contribution in [0, 0.1) is 41.5 Å². The van der Waals surface area contributed by atoms with Crippen molar-refractivity contribution in [3.05, 3.63) is 68.8 Å². The fourth-order valence-electron chi connectivity index (χ4n) is 3.10. The maximum absolute atomic E-state index is 11.3. The summed E-state index contributed by atoms with van der Waals surface area (Å²) in [5, 5.41) is 6.73. The van der Waals surface area contributed by atoms with E-state index in [9.17, 15) is 9.59 Å². The molecule has 0 aliphatic rings. The highest BCUT2D eigenvalue weighted by molar-refractivity contribution is 6.68. The third-order valence-corrected chi connectivity index (χ3v) is 4.10. The van der Waals surface area contributed by atoms with E-state index in [0.29, 0.717) is 11.1 Å². The van der Waals surface area contributed by atoms with Crippen molar-refractivity contribution in [1.82, 2.24) is 11.0 Å². The summed E-state index contributed by atoms with van der Waals surface area (Å²) in [5.41, 5.74) is 10.8. The van der Waals surface area contributed by atoms with Crippen molar-refractivity contribution in [1.29, 1.82) is 0 Å². The average Bonchev–Trinajstić information content (AvgIpc) is 2.60. The zero-order valence-electron chi connectivity index (χ0n) is 19.4. The molecule has 7 N–H and O–H groups in total. The van der Waals surface area contributed by atoms with Crippen LogP contribution in [0.5, 0.6) is 0 Å². The Morgan fingerprint density at radius 1 is 0.812 bits per heavy atom.